The van der Waals surface area contributed by atoms with E-state index in [4.69, 9.17) is 0 Å². The van der Waals surface area contributed by atoms with E-state index in [-0.39, 0.29) is 0 Å². The lowest BCUT2D eigenvalue weighted by atomic mass is 9.89. The van der Waals surface area contributed by atoms with Crippen LogP contribution in [-0.2, 0) is 6.54 Å². The Hall–Kier alpha value is -1.02. The number of rotatable bonds is 2. The molecule has 2 aliphatic rings. The van der Waals surface area contributed by atoms with Crippen molar-refractivity contribution in [3.8, 4) is 0 Å². The van der Waals surface area contributed by atoms with Gasteiger partial charge < -0.3 is 5.32 Å². The van der Waals surface area contributed by atoms with Crippen molar-refractivity contribution in [1.82, 2.24) is 4.90 Å². The Labute approximate surface area is 104 Å². The zero-order valence-electron chi connectivity index (χ0n) is 10.5. The van der Waals surface area contributed by atoms with Crippen LogP contribution >= 0.6 is 0 Å². The van der Waals surface area contributed by atoms with Gasteiger partial charge in [-0.2, -0.15) is 0 Å². The summed E-state index contributed by atoms with van der Waals surface area (Å²) in [6.07, 6.45) is 7.24. The summed E-state index contributed by atoms with van der Waals surface area (Å²) in [6, 6.07) is 8.69. The van der Waals surface area contributed by atoms with Crippen LogP contribution in [0.2, 0.25) is 0 Å². The molecule has 2 nitrogen and oxygen atoms in total. The molecule has 0 spiro atoms. The van der Waals surface area contributed by atoms with E-state index in [1.54, 1.807) is 0 Å². The smallest absolute Gasteiger partial charge is 0.0681 e. The molecule has 2 heteroatoms. The Balaban J connectivity index is 1.60. The highest BCUT2D eigenvalue weighted by Crippen LogP contribution is 2.27. The Morgan fingerprint density at radius 2 is 1.94 bits per heavy atom. The van der Waals surface area contributed by atoms with Crippen LogP contribution in [0.3, 0.4) is 0 Å². The summed E-state index contributed by atoms with van der Waals surface area (Å²) < 4.78 is 0. The summed E-state index contributed by atoms with van der Waals surface area (Å²) in [6.45, 7) is 3.43. The number of benzene rings is 1. The average molecular weight is 230 g/mol. The third-order valence-corrected chi connectivity index (χ3v) is 4.15. The van der Waals surface area contributed by atoms with Crippen LogP contribution in [0.4, 0.5) is 5.69 Å². The Morgan fingerprint density at radius 3 is 2.82 bits per heavy atom. The highest BCUT2D eigenvalue weighted by Gasteiger charge is 2.20. The Kier molecular flexibility index (Phi) is 3.32. The fourth-order valence-electron chi connectivity index (χ4n) is 3.19. The molecule has 0 unspecified atom stereocenters. The summed E-state index contributed by atoms with van der Waals surface area (Å²) in [5.74, 6) is 0.941. The molecule has 3 rings (SSSR count). The molecule has 92 valence electrons. The second-order valence-corrected chi connectivity index (χ2v) is 5.51. The molecule has 0 radical (unpaired) electrons. The zero-order valence-corrected chi connectivity index (χ0v) is 10.5. The van der Waals surface area contributed by atoms with E-state index in [2.05, 4.69) is 34.5 Å². The van der Waals surface area contributed by atoms with Gasteiger partial charge in [0.15, 0.2) is 0 Å². The number of hydrogen-bond donors (Lipinski definition) is 1. The first-order valence-corrected chi connectivity index (χ1v) is 6.96. The molecule has 1 aliphatic carbocycles. The van der Waals surface area contributed by atoms with E-state index >= 15 is 0 Å². The van der Waals surface area contributed by atoms with Gasteiger partial charge in [-0.25, -0.2) is 0 Å². The van der Waals surface area contributed by atoms with Crippen molar-refractivity contribution in [2.45, 2.75) is 38.6 Å². The maximum Gasteiger partial charge on any atom is 0.0681 e. The second-order valence-electron chi connectivity index (χ2n) is 5.51. The molecule has 1 aliphatic heterocycles. The van der Waals surface area contributed by atoms with Gasteiger partial charge in [0.25, 0.3) is 0 Å². The van der Waals surface area contributed by atoms with Crippen LogP contribution in [0.1, 0.15) is 37.7 Å². The van der Waals surface area contributed by atoms with E-state index in [0.717, 1.165) is 19.1 Å². The van der Waals surface area contributed by atoms with Crippen molar-refractivity contribution in [1.29, 1.82) is 0 Å². The Bertz CT molecular complexity index is 369. The number of hydrogen-bond acceptors (Lipinski definition) is 2. The number of para-hydroxylation sites is 1. The first kappa shape index (κ1) is 11.1. The lowest BCUT2D eigenvalue weighted by Crippen LogP contribution is -2.37. The lowest BCUT2D eigenvalue weighted by Gasteiger charge is -2.33. The van der Waals surface area contributed by atoms with Crippen LogP contribution in [0.5, 0.6) is 0 Å². The molecule has 1 aromatic carbocycles. The van der Waals surface area contributed by atoms with Crippen LogP contribution in [-0.4, -0.2) is 18.1 Å². The van der Waals surface area contributed by atoms with E-state index < -0.39 is 0 Å². The molecule has 0 amide bonds. The molecule has 1 aromatic rings. The third kappa shape index (κ3) is 2.63. The van der Waals surface area contributed by atoms with Crippen molar-refractivity contribution in [2.24, 2.45) is 5.92 Å². The minimum absolute atomic E-state index is 0.941. The Morgan fingerprint density at radius 1 is 1.12 bits per heavy atom. The zero-order chi connectivity index (χ0) is 11.5. The quantitative estimate of drug-likeness (QED) is 0.837. The summed E-state index contributed by atoms with van der Waals surface area (Å²) in [4.78, 5) is 2.57. The van der Waals surface area contributed by atoms with Gasteiger partial charge in [-0.15, -0.1) is 0 Å². The monoisotopic (exact) mass is 230 g/mol. The summed E-state index contributed by atoms with van der Waals surface area (Å²) in [7, 11) is 0. The van der Waals surface area contributed by atoms with Crippen molar-refractivity contribution < 1.29 is 0 Å². The summed E-state index contributed by atoms with van der Waals surface area (Å²) >= 11 is 0. The van der Waals surface area contributed by atoms with Crippen molar-refractivity contribution in [2.75, 3.05) is 18.5 Å². The summed E-state index contributed by atoms with van der Waals surface area (Å²) in [5, 5.41) is 3.53. The van der Waals surface area contributed by atoms with Crippen LogP contribution < -0.4 is 5.32 Å². The van der Waals surface area contributed by atoms with Crippen LogP contribution in [0, 0.1) is 5.92 Å². The molecule has 0 bridgehead atoms. The molecule has 1 fully saturated rings. The largest absolute Gasteiger partial charge is 0.372 e. The maximum atomic E-state index is 3.53. The normalized spacial score (nSPS) is 21.9. The molecular weight excluding hydrogens is 208 g/mol. The molecule has 0 atom stereocenters. The SMILES string of the molecule is c1ccc2c(c1)CN(CC1CCCCC1)CN2. The van der Waals surface area contributed by atoms with Gasteiger partial charge in [-0.1, -0.05) is 37.5 Å². The van der Waals surface area contributed by atoms with Gasteiger partial charge in [0.2, 0.25) is 0 Å². The predicted octanol–water partition coefficient (Wildman–Crippen LogP) is 3.45. The highest BCUT2D eigenvalue weighted by molar-refractivity contribution is 5.52. The van der Waals surface area contributed by atoms with Crippen LogP contribution in [0.15, 0.2) is 24.3 Å². The van der Waals surface area contributed by atoms with E-state index in [0.29, 0.717) is 0 Å². The first-order valence-electron chi connectivity index (χ1n) is 6.96. The molecular formula is C15H22N2. The fraction of sp³-hybridized carbons (Fsp3) is 0.600. The standard InChI is InChI=1S/C15H22N2/c1-2-6-13(7-3-1)10-17-11-14-8-4-5-9-15(14)16-12-17/h4-5,8-9,13,16H,1-3,6-7,10-12H2. The number of fused-ring (bicyclic) bond motifs is 1. The number of anilines is 1. The van der Waals surface area contributed by atoms with E-state index in [1.807, 2.05) is 0 Å². The summed E-state index contributed by atoms with van der Waals surface area (Å²) in [5.41, 5.74) is 2.78. The first-order chi connectivity index (χ1) is 8.42. The number of nitrogens with zero attached hydrogens (tertiary/aromatic N) is 1. The van der Waals surface area contributed by atoms with Gasteiger partial charge >= 0.3 is 0 Å². The van der Waals surface area contributed by atoms with E-state index in [1.165, 1.54) is 49.9 Å². The maximum absolute atomic E-state index is 3.53. The molecule has 1 saturated carbocycles. The predicted molar refractivity (Wildman–Crippen MR) is 71.9 cm³/mol. The van der Waals surface area contributed by atoms with Gasteiger partial charge in [0.1, 0.15) is 0 Å². The highest BCUT2D eigenvalue weighted by atomic mass is 15.2. The van der Waals surface area contributed by atoms with Crippen molar-refractivity contribution in [3.05, 3.63) is 29.8 Å². The second kappa shape index (κ2) is 5.09. The van der Waals surface area contributed by atoms with Crippen molar-refractivity contribution in [3.63, 3.8) is 0 Å². The number of nitrogens with one attached hydrogen (secondary N) is 1. The molecule has 17 heavy (non-hydrogen) atoms. The van der Waals surface area contributed by atoms with Gasteiger partial charge in [0, 0.05) is 18.8 Å². The minimum atomic E-state index is 0.941. The molecule has 1 heterocycles. The topological polar surface area (TPSA) is 15.3 Å². The minimum Gasteiger partial charge on any atom is -0.372 e. The van der Waals surface area contributed by atoms with Crippen LogP contribution in [0.25, 0.3) is 0 Å². The average Bonchev–Trinajstić information content (AvgIpc) is 2.40. The van der Waals surface area contributed by atoms with Gasteiger partial charge in [-0.3, -0.25) is 4.90 Å². The third-order valence-electron chi connectivity index (χ3n) is 4.15. The van der Waals surface area contributed by atoms with Gasteiger partial charge in [-0.05, 0) is 30.4 Å². The lowest BCUT2D eigenvalue weighted by molar-refractivity contribution is 0.200. The fourth-order valence-corrected chi connectivity index (χ4v) is 3.19. The molecule has 0 saturated heterocycles. The van der Waals surface area contributed by atoms with E-state index in [9.17, 15) is 0 Å². The molecule has 0 aromatic heterocycles. The molecule has 1 N–H and O–H groups in total. The van der Waals surface area contributed by atoms with Gasteiger partial charge in [0.05, 0.1) is 6.67 Å². The van der Waals surface area contributed by atoms with Crippen molar-refractivity contribution >= 4 is 5.69 Å².